The number of hydrogen-bond donors (Lipinski definition) is 1. The summed E-state index contributed by atoms with van der Waals surface area (Å²) in [5.41, 5.74) is 7.46. The molecule has 20 heavy (non-hydrogen) atoms. The molecule has 2 N–H and O–H groups in total. The lowest BCUT2D eigenvalue weighted by atomic mass is 10.1. The number of imidazole rings is 1. The fourth-order valence-corrected chi connectivity index (χ4v) is 2.19. The second kappa shape index (κ2) is 5.25. The summed E-state index contributed by atoms with van der Waals surface area (Å²) in [7, 11) is 0. The molecule has 1 aromatic heterocycles. The summed E-state index contributed by atoms with van der Waals surface area (Å²) in [6.07, 6.45) is 5.94. The molecule has 1 fully saturated rings. The Morgan fingerprint density at radius 3 is 2.95 bits per heavy atom. The second-order valence-electron chi connectivity index (χ2n) is 5.29. The van der Waals surface area contributed by atoms with Gasteiger partial charge in [-0.05, 0) is 37.5 Å². The summed E-state index contributed by atoms with van der Waals surface area (Å²) < 4.78 is 21.6. The van der Waals surface area contributed by atoms with Gasteiger partial charge in [0.05, 0.1) is 18.2 Å². The highest BCUT2D eigenvalue weighted by Gasteiger charge is 2.25. The molecule has 2 aromatic rings. The van der Waals surface area contributed by atoms with Gasteiger partial charge in [0.1, 0.15) is 6.61 Å². The Labute approximate surface area is 117 Å². The third-order valence-corrected chi connectivity index (χ3v) is 3.54. The number of halogens is 1. The zero-order chi connectivity index (χ0) is 14.1. The third kappa shape index (κ3) is 2.67. The summed E-state index contributed by atoms with van der Waals surface area (Å²) in [5.74, 6) is -0.129. The number of ether oxygens (including phenoxy) is 1. The monoisotopic (exact) mass is 275 g/mol. The van der Waals surface area contributed by atoms with E-state index >= 15 is 0 Å². The van der Waals surface area contributed by atoms with Gasteiger partial charge in [0.15, 0.2) is 11.6 Å². The quantitative estimate of drug-likeness (QED) is 0.912. The van der Waals surface area contributed by atoms with Crippen molar-refractivity contribution < 1.29 is 9.13 Å². The van der Waals surface area contributed by atoms with E-state index in [4.69, 9.17) is 10.5 Å². The van der Waals surface area contributed by atoms with Crippen LogP contribution >= 0.6 is 0 Å². The van der Waals surface area contributed by atoms with Gasteiger partial charge in [0.2, 0.25) is 0 Å². The number of aromatic nitrogens is 2. The molecule has 1 aliphatic carbocycles. The predicted molar refractivity (Wildman–Crippen MR) is 73.8 cm³/mol. The van der Waals surface area contributed by atoms with Gasteiger partial charge < -0.3 is 15.0 Å². The average molecular weight is 275 g/mol. The van der Waals surface area contributed by atoms with Crippen molar-refractivity contribution in [2.75, 3.05) is 0 Å². The minimum Gasteiger partial charge on any atom is -0.484 e. The number of rotatable bonds is 5. The minimum atomic E-state index is -0.378. The highest BCUT2D eigenvalue weighted by atomic mass is 19.1. The van der Waals surface area contributed by atoms with Gasteiger partial charge in [-0.1, -0.05) is 6.07 Å². The van der Waals surface area contributed by atoms with E-state index in [1.807, 2.05) is 13.3 Å². The van der Waals surface area contributed by atoms with Crippen molar-refractivity contribution in [2.24, 2.45) is 5.73 Å². The fraction of sp³-hybridized carbons (Fsp3) is 0.400. The van der Waals surface area contributed by atoms with Crippen LogP contribution in [0.3, 0.4) is 0 Å². The number of nitrogens with two attached hydrogens (primary N) is 1. The van der Waals surface area contributed by atoms with Gasteiger partial charge in [-0.15, -0.1) is 0 Å². The van der Waals surface area contributed by atoms with E-state index in [2.05, 4.69) is 9.55 Å². The Morgan fingerprint density at radius 1 is 1.50 bits per heavy atom. The van der Waals surface area contributed by atoms with Crippen LogP contribution in [0.4, 0.5) is 4.39 Å². The van der Waals surface area contributed by atoms with Gasteiger partial charge in [-0.25, -0.2) is 9.37 Å². The molecule has 0 radical (unpaired) electrons. The first kappa shape index (κ1) is 13.1. The summed E-state index contributed by atoms with van der Waals surface area (Å²) in [6, 6.07) is 5.21. The molecular weight excluding hydrogens is 257 g/mol. The molecule has 0 spiro atoms. The van der Waals surface area contributed by atoms with E-state index < -0.39 is 0 Å². The van der Waals surface area contributed by atoms with Crippen LogP contribution in [0, 0.1) is 5.82 Å². The maximum absolute atomic E-state index is 13.9. The molecule has 1 aliphatic rings. The first-order chi connectivity index (χ1) is 9.65. The molecule has 5 heteroatoms. The molecule has 1 heterocycles. The summed E-state index contributed by atoms with van der Waals surface area (Å²) in [4.78, 5) is 4.13. The van der Waals surface area contributed by atoms with E-state index in [1.165, 1.54) is 18.9 Å². The lowest BCUT2D eigenvalue weighted by Gasteiger charge is -2.11. The van der Waals surface area contributed by atoms with Crippen LogP contribution < -0.4 is 10.5 Å². The van der Waals surface area contributed by atoms with Crippen molar-refractivity contribution in [1.82, 2.24) is 9.55 Å². The van der Waals surface area contributed by atoms with Crippen LogP contribution in [0.2, 0.25) is 0 Å². The number of benzene rings is 1. The van der Waals surface area contributed by atoms with Gasteiger partial charge in [-0.3, -0.25) is 0 Å². The molecule has 1 aromatic carbocycles. The van der Waals surface area contributed by atoms with Crippen LogP contribution in [0.25, 0.3) is 0 Å². The molecule has 0 aliphatic heterocycles. The molecule has 4 nitrogen and oxygen atoms in total. The lowest BCUT2D eigenvalue weighted by Crippen LogP contribution is -2.07. The van der Waals surface area contributed by atoms with Crippen LogP contribution in [0.15, 0.2) is 30.7 Å². The largest absolute Gasteiger partial charge is 0.484 e. The van der Waals surface area contributed by atoms with Gasteiger partial charge in [0, 0.05) is 12.1 Å². The molecule has 3 rings (SSSR count). The Kier molecular flexibility index (Phi) is 3.44. The van der Waals surface area contributed by atoms with Crippen molar-refractivity contribution in [3.8, 4) is 5.75 Å². The van der Waals surface area contributed by atoms with Crippen molar-refractivity contribution in [2.45, 2.75) is 38.5 Å². The summed E-state index contributed by atoms with van der Waals surface area (Å²) in [5, 5.41) is 0. The minimum absolute atomic E-state index is 0.185. The van der Waals surface area contributed by atoms with Crippen molar-refractivity contribution >= 4 is 0 Å². The number of hydrogen-bond acceptors (Lipinski definition) is 3. The normalized spacial score (nSPS) is 16.1. The molecule has 106 valence electrons. The Balaban J connectivity index is 1.70. The molecule has 0 bridgehead atoms. The second-order valence-corrected chi connectivity index (χ2v) is 5.29. The molecule has 1 unspecified atom stereocenters. The SMILES string of the molecule is CC(N)c1ccc(OCc2cncn2C2CC2)c(F)c1. The van der Waals surface area contributed by atoms with Gasteiger partial charge in [-0.2, -0.15) is 0 Å². The number of nitrogens with zero attached hydrogens (tertiary/aromatic N) is 2. The standard InChI is InChI=1S/C15H18FN3O/c1-10(17)11-2-5-15(14(16)6-11)20-8-13-7-18-9-19(13)12-3-4-12/h2,5-7,9-10,12H,3-4,8,17H2,1H3. The Morgan fingerprint density at radius 2 is 2.30 bits per heavy atom. The molecular formula is C15H18FN3O. The molecule has 0 amide bonds. The van der Waals surface area contributed by atoms with Crippen LogP contribution in [-0.2, 0) is 6.61 Å². The molecule has 1 atom stereocenters. The van der Waals surface area contributed by atoms with E-state index in [0.29, 0.717) is 12.6 Å². The van der Waals surface area contributed by atoms with E-state index in [9.17, 15) is 4.39 Å². The zero-order valence-electron chi connectivity index (χ0n) is 11.4. The topological polar surface area (TPSA) is 53.1 Å². The van der Waals surface area contributed by atoms with Gasteiger partial charge in [0.25, 0.3) is 0 Å². The van der Waals surface area contributed by atoms with Crippen LogP contribution in [0.5, 0.6) is 5.75 Å². The smallest absolute Gasteiger partial charge is 0.165 e. The Hall–Kier alpha value is -1.88. The van der Waals surface area contributed by atoms with Crippen molar-refractivity contribution in [3.05, 3.63) is 47.8 Å². The van der Waals surface area contributed by atoms with E-state index in [0.717, 1.165) is 11.3 Å². The molecule has 0 saturated heterocycles. The Bertz CT molecular complexity index is 605. The third-order valence-electron chi connectivity index (χ3n) is 3.54. The summed E-state index contributed by atoms with van der Waals surface area (Å²) >= 11 is 0. The van der Waals surface area contributed by atoms with Crippen molar-refractivity contribution in [1.29, 1.82) is 0 Å². The van der Waals surface area contributed by atoms with Crippen molar-refractivity contribution in [3.63, 3.8) is 0 Å². The fourth-order valence-electron chi connectivity index (χ4n) is 2.19. The van der Waals surface area contributed by atoms with Crippen LogP contribution in [-0.4, -0.2) is 9.55 Å². The highest BCUT2D eigenvalue weighted by Crippen LogP contribution is 2.35. The van der Waals surface area contributed by atoms with E-state index in [1.54, 1.807) is 18.3 Å². The maximum Gasteiger partial charge on any atom is 0.165 e. The first-order valence-electron chi connectivity index (χ1n) is 6.83. The lowest BCUT2D eigenvalue weighted by molar-refractivity contribution is 0.280. The first-order valence-corrected chi connectivity index (χ1v) is 6.83. The van der Waals surface area contributed by atoms with Crippen LogP contribution in [0.1, 0.15) is 43.1 Å². The highest BCUT2D eigenvalue weighted by molar-refractivity contribution is 5.30. The maximum atomic E-state index is 13.9. The summed E-state index contributed by atoms with van der Waals surface area (Å²) in [6.45, 7) is 2.15. The predicted octanol–water partition coefficient (Wildman–Crippen LogP) is 2.96. The molecule has 1 saturated carbocycles. The average Bonchev–Trinajstić information content (AvgIpc) is 3.16. The van der Waals surface area contributed by atoms with E-state index in [-0.39, 0.29) is 17.6 Å². The zero-order valence-corrected chi connectivity index (χ0v) is 11.4. The van der Waals surface area contributed by atoms with Gasteiger partial charge >= 0.3 is 0 Å².